The van der Waals surface area contributed by atoms with Crippen LogP contribution in [-0.2, 0) is 14.8 Å². The molecule has 0 saturated heterocycles. The van der Waals surface area contributed by atoms with Crippen molar-refractivity contribution in [1.82, 2.24) is 4.31 Å². The second kappa shape index (κ2) is 9.71. The molecule has 152 valence electrons. The summed E-state index contributed by atoms with van der Waals surface area (Å²) in [5.74, 6) is 0.275. The highest BCUT2D eigenvalue weighted by atomic mass is 32.2. The lowest BCUT2D eigenvalue weighted by Gasteiger charge is -2.18. The van der Waals surface area contributed by atoms with Crippen molar-refractivity contribution >= 4 is 27.3 Å². The minimum absolute atomic E-state index is 0.0913. The van der Waals surface area contributed by atoms with Gasteiger partial charge in [0.1, 0.15) is 0 Å². The van der Waals surface area contributed by atoms with Gasteiger partial charge in [-0.15, -0.1) is 0 Å². The highest BCUT2D eigenvalue weighted by Gasteiger charge is 2.21. The van der Waals surface area contributed by atoms with Crippen LogP contribution in [0.2, 0.25) is 0 Å². The Morgan fingerprint density at radius 1 is 0.929 bits per heavy atom. The molecule has 1 amide bonds. The van der Waals surface area contributed by atoms with Gasteiger partial charge in [0.25, 0.3) is 0 Å². The van der Waals surface area contributed by atoms with Crippen LogP contribution < -0.4 is 10.6 Å². The first-order chi connectivity index (χ1) is 13.3. The van der Waals surface area contributed by atoms with Gasteiger partial charge in [0.15, 0.2) is 0 Å². The number of sulfonamides is 1. The zero-order chi connectivity index (χ0) is 20.7. The van der Waals surface area contributed by atoms with Crippen LogP contribution in [-0.4, -0.2) is 38.3 Å². The van der Waals surface area contributed by atoms with Gasteiger partial charge in [-0.2, -0.15) is 4.31 Å². The first kappa shape index (κ1) is 21.9. The monoisotopic (exact) mass is 403 g/mol. The largest absolute Gasteiger partial charge is 0.376 e. The molecule has 0 bridgehead atoms. The number of hydrogen-bond donors (Lipinski definition) is 2. The molecule has 28 heavy (non-hydrogen) atoms. The Morgan fingerprint density at radius 2 is 1.46 bits per heavy atom. The van der Waals surface area contributed by atoms with Crippen molar-refractivity contribution in [2.75, 3.05) is 30.3 Å². The van der Waals surface area contributed by atoms with Gasteiger partial charge in [0, 0.05) is 24.5 Å². The first-order valence-corrected chi connectivity index (χ1v) is 11.0. The Kier molecular flexibility index (Phi) is 7.60. The zero-order valence-electron chi connectivity index (χ0n) is 16.9. The third kappa shape index (κ3) is 5.56. The van der Waals surface area contributed by atoms with E-state index in [1.807, 2.05) is 38.1 Å². The molecule has 0 aromatic heterocycles. The lowest BCUT2D eigenvalue weighted by Crippen LogP contribution is -2.30. The molecular weight excluding hydrogens is 374 g/mol. The van der Waals surface area contributed by atoms with Crippen molar-refractivity contribution in [3.8, 4) is 0 Å². The van der Waals surface area contributed by atoms with Gasteiger partial charge in [-0.05, 0) is 47.9 Å². The van der Waals surface area contributed by atoms with Crippen molar-refractivity contribution in [2.45, 2.75) is 38.5 Å². The van der Waals surface area contributed by atoms with Crippen molar-refractivity contribution in [2.24, 2.45) is 0 Å². The van der Waals surface area contributed by atoms with Gasteiger partial charge in [-0.3, -0.25) is 4.79 Å². The second-order valence-corrected chi connectivity index (χ2v) is 8.73. The molecule has 7 heteroatoms. The fraction of sp³-hybridized carbons (Fsp3) is 0.381. The summed E-state index contributed by atoms with van der Waals surface area (Å²) in [6.45, 7) is 8.81. The zero-order valence-corrected chi connectivity index (χ0v) is 17.7. The van der Waals surface area contributed by atoms with Crippen LogP contribution in [0.3, 0.4) is 0 Å². The number of hydrogen-bond acceptors (Lipinski definition) is 4. The average molecular weight is 404 g/mol. The maximum Gasteiger partial charge on any atom is 0.243 e. The predicted molar refractivity (Wildman–Crippen MR) is 114 cm³/mol. The van der Waals surface area contributed by atoms with Crippen molar-refractivity contribution in [3.63, 3.8) is 0 Å². The standard InChI is InChI=1S/C21H29N3O3S/c1-5-24(6-2)28(26,27)20-13-11-18(12-14-20)22-15-21(25)23-19-9-7-17(8-10-19)16(3)4/h7-14,16,22H,5-6,15H2,1-4H3,(H,23,25). The maximum absolute atomic E-state index is 12.5. The first-order valence-electron chi connectivity index (χ1n) is 9.51. The highest BCUT2D eigenvalue weighted by molar-refractivity contribution is 7.89. The second-order valence-electron chi connectivity index (χ2n) is 6.79. The molecule has 2 aromatic rings. The Labute approximate surface area is 168 Å². The van der Waals surface area contributed by atoms with E-state index in [1.54, 1.807) is 24.3 Å². The van der Waals surface area contributed by atoms with E-state index < -0.39 is 10.0 Å². The van der Waals surface area contributed by atoms with E-state index in [0.717, 1.165) is 5.69 Å². The SMILES string of the molecule is CCN(CC)S(=O)(=O)c1ccc(NCC(=O)Nc2ccc(C(C)C)cc2)cc1. The summed E-state index contributed by atoms with van der Waals surface area (Å²) in [5, 5.41) is 5.85. The number of rotatable bonds is 9. The third-order valence-corrected chi connectivity index (χ3v) is 6.58. The number of carbonyl (C=O) groups is 1. The van der Waals surface area contributed by atoms with E-state index in [0.29, 0.717) is 24.7 Å². The normalized spacial score (nSPS) is 11.6. The van der Waals surface area contributed by atoms with Crippen LogP contribution >= 0.6 is 0 Å². The lowest BCUT2D eigenvalue weighted by molar-refractivity contribution is -0.114. The van der Waals surface area contributed by atoms with Crippen LogP contribution in [0.4, 0.5) is 11.4 Å². The van der Waals surface area contributed by atoms with Crippen LogP contribution in [0.5, 0.6) is 0 Å². The maximum atomic E-state index is 12.5. The van der Waals surface area contributed by atoms with Gasteiger partial charge in [0.05, 0.1) is 11.4 Å². The third-order valence-electron chi connectivity index (χ3n) is 4.51. The van der Waals surface area contributed by atoms with E-state index >= 15 is 0 Å². The minimum Gasteiger partial charge on any atom is -0.376 e. The molecule has 6 nitrogen and oxygen atoms in total. The number of carbonyl (C=O) groups excluding carboxylic acids is 1. The molecule has 0 aliphatic rings. The van der Waals surface area contributed by atoms with E-state index in [1.165, 1.54) is 9.87 Å². The molecule has 2 aromatic carbocycles. The van der Waals surface area contributed by atoms with E-state index in [-0.39, 0.29) is 17.3 Å². The van der Waals surface area contributed by atoms with Crippen LogP contribution in [0.1, 0.15) is 39.2 Å². The fourth-order valence-corrected chi connectivity index (χ4v) is 4.25. The number of nitrogens with one attached hydrogen (secondary N) is 2. The number of amides is 1. The lowest BCUT2D eigenvalue weighted by atomic mass is 10.0. The van der Waals surface area contributed by atoms with Crippen LogP contribution in [0.15, 0.2) is 53.4 Å². The summed E-state index contributed by atoms with van der Waals surface area (Å²) >= 11 is 0. The summed E-state index contributed by atoms with van der Waals surface area (Å²) in [5.41, 5.74) is 2.65. The molecular formula is C21H29N3O3S. The molecule has 0 fully saturated rings. The van der Waals surface area contributed by atoms with Crippen LogP contribution in [0, 0.1) is 0 Å². The fourth-order valence-electron chi connectivity index (χ4n) is 2.80. The summed E-state index contributed by atoms with van der Waals surface area (Å²) in [6.07, 6.45) is 0. The van der Waals surface area contributed by atoms with Crippen molar-refractivity contribution in [3.05, 3.63) is 54.1 Å². The number of benzene rings is 2. The van der Waals surface area contributed by atoms with Gasteiger partial charge >= 0.3 is 0 Å². The van der Waals surface area contributed by atoms with Crippen LogP contribution in [0.25, 0.3) is 0 Å². The van der Waals surface area contributed by atoms with E-state index in [2.05, 4.69) is 24.5 Å². The highest BCUT2D eigenvalue weighted by Crippen LogP contribution is 2.19. The van der Waals surface area contributed by atoms with Crippen molar-refractivity contribution in [1.29, 1.82) is 0 Å². The average Bonchev–Trinajstić information content (AvgIpc) is 2.68. The molecule has 0 aliphatic carbocycles. The molecule has 0 heterocycles. The topological polar surface area (TPSA) is 78.5 Å². The predicted octanol–water partition coefficient (Wildman–Crippen LogP) is 3.89. The molecule has 0 atom stereocenters. The van der Waals surface area contributed by atoms with Gasteiger partial charge in [0.2, 0.25) is 15.9 Å². The van der Waals surface area contributed by atoms with Gasteiger partial charge in [-0.25, -0.2) is 8.42 Å². The van der Waals surface area contributed by atoms with E-state index in [4.69, 9.17) is 0 Å². The Hall–Kier alpha value is -2.38. The molecule has 0 saturated carbocycles. The Bertz CT molecular complexity index is 872. The Morgan fingerprint density at radius 3 is 1.96 bits per heavy atom. The quantitative estimate of drug-likeness (QED) is 0.666. The number of anilines is 2. The van der Waals surface area contributed by atoms with Gasteiger partial charge in [-0.1, -0.05) is 39.8 Å². The molecule has 0 radical (unpaired) electrons. The van der Waals surface area contributed by atoms with Gasteiger partial charge < -0.3 is 10.6 Å². The summed E-state index contributed by atoms with van der Waals surface area (Å²) in [6, 6.07) is 14.2. The summed E-state index contributed by atoms with van der Waals surface area (Å²) in [4.78, 5) is 12.4. The summed E-state index contributed by atoms with van der Waals surface area (Å²) in [7, 11) is -3.47. The van der Waals surface area contributed by atoms with Crippen molar-refractivity contribution < 1.29 is 13.2 Å². The smallest absolute Gasteiger partial charge is 0.243 e. The molecule has 0 unspecified atom stereocenters. The number of nitrogens with zero attached hydrogens (tertiary/aromatic N) is 1. The minimum atomic E-state index is -3.47. The molecule has 2 N–H and O–H groups in total. The molecule has 0 aliphatic heterocycles. The molecule has 2 rings (SSSR count). The summed E-state index contributed by atoms with van der Waals surface area (Å²) < 4.78 is 26.4. The Balaban J connectivity index is 1.93. The molecule has 0 spiro atoms. The van der Waals surface area contributed by atoms with E-state index in [9.17, 15) is 13.2 Å².